The SMILES string of the molecule is CN1CCCN(C(CN)c2coc3ccccc23)CC1. The molecule has 1 aromatic heterocycles. The van der Waals surface area contributed by atoms with Crippen LogP contribution >= 0.6 is 0 Å². The number of nitrogens with two attached hydrogens (primary N) is 1. The zero-order valence-electron chi connectivity index (χ0n) is 12.1. The van der Waals surface area contributed by atoms with Crippen LogP contribution in [-0.4, -0.2) is 49.6 Å². The number of furan rings is 1. The van der Waals surface area contributed by atoms with Crippen LogP contribution in [0.15, 0.2) is 34.9 Å². The van der Waals surface area contributed by atoms with E-state index in [-0.39, 0.29) is 6.04 Å². The molecule has 1 aromatic carbocycles. The van der Waals surface area contributed by atoms with Crippen molar-refractivity contribution in [2.75, 3.05) is 39.8 Å². The van der Waals surface area contributed by atoms with E-state index in [1.165, 1.54) is 23.9 Å². The first kappa shape index (κ1) is 13.6. The molecule has 1 unspecified atom stereocenters. The second kappa shape index (κ2) is 5.95. The van der Waals surface area contributed by atoms with Crippen molar-refractivity contribution in [2.24, 2.45) is 5.73 Å². The van der Waals surface area contributed by atoms with E-state index in [2.05, 4.69) is 29.0 Å². The highest BCUT2D eigenvalue weighted by molar-refractivity contribution is 5.81. The third-order valence-electron chi connectivity index (χ3n) is 4.29. The molecule has 4 heteroatoms. The van der Waals surface area contributed by atoms with E-state index in [1.54, 1.807) is 0 Å². The first-order valence-electron chi connectivity index (χ1n) is 7.38. The highest BCUT2D eigenvalue weighted by Crippen LogP contribution is 2.30. The second-order valence-electron chi connectivity index (χ2n) is 5.63. The number of hydrogen-bond donors (Lipinski definition) is 1. The number of benzene rings is 1. The van der Waals surface area contributed by atoms with Gasteiger partial charge in [-0.05, 0) is 26.1 Å². The lowest BCUT2D eigenvalue weighted by Crippen LogP contribution is -2.36. The maximum atomic E-state index is 6.07. The molecule has 2 aromatic rings. The summed E-state index contributed by atoms with van der Waals surface area (Å²) in [6.45, 7) is 5.07. The molecule has 0 aliphatic carbocycles. The Morgan fingerprint density at radius 1 is 1.20 bits per heavy atom. The molecule has 1 atom stereocenters. The molecule has 0 radical (unpaired) electrons. The topological polar surface area (TPSA) is 45.6 Å². The first-order chi connectivity index (χ1) is 9.79. The summed E-state index contributed by atoms with van der Waals surface area (Å²) in [5.41, 5.74) is 8.26. The number of likely N-dealkylation sites (N-methyl/N-ethyl adjacent to an activating group) is 1. The summed E-state index contributed by atoms with van der Waals surface area (Å²) in [5, 5.41) is 1.19. The van der Waals surface area contributed by atoms with Gasteiger partial charge in [0.1, 0.15) is 5.58 Å². The van der Waals surface area contributed by atoms with Crippen LogP contribution in [0.4, 0.5) is 0 Å². The summed E-state index contributed by atoms with van der Waals surface area (Å²) in [6.07, 6.45) is 3.08. The highest BCUT2D eigenvalue weighted by atomic mass is 16.3. The molecule has 2 heterocycles. The van der Waals surface area contributed by atoms with E-state index in [9.17, 15) is 0 Å². The monoisotopic (exact) mass is 273 g/mol. The van der Waals surface area contributed by atoms with Crippen LogP contribution < -0.4 is 5.73 Å². The van der Waals surface area contributed by atoms with E-state index in [0.717, 1.165) is 25.2 Å². The van der Waals surface area contributed by atoms with Crippen LogP contribution in [-0.2, 0) is 0 Å². The van der Waals surface area contributed by atoms with Crippen molar-refractivity contribution in [3.8, 4) is 0 Å². The van der Waals surface area contributed by atoms with Gasteiger partial charge < -0.3 is 15.1 Å². The van der Waals surface area contributed by atoms with Crippen molar-refractivity contribution < 1.29 is 4.42 Å². The molecule has 0 spiro atoms. The maximum Gasteiger partial charge on any atom is 0.134 e. The van der Waals surface area contributed by atoms with Crippen molar-refractivity contribution in [3.05, 3.63) is 36.1 Å². The van der Waals surface area contributed by atoms with Gasteiger partial charge in [-0.15, -0.1) is 0 Å². The molecule has 2 N–H and O–H groups in total. The van der Waals surface area contributed by atoms with Crippen molar-refractivity contribution in [1.82, 2.24) is 9.80 Å². The largest absolute Gasteiger partial charge is 0.464 e. The molecule has 4 nitrogen and oxygen atoms in total. The lowest BCUT2D eigenvalue weighted by molar-refractivity contribution is 0.208. The molecule has 1 saturated heterocycles. The summed E-state index contributed by atoms with van der Waals surface area (Å²) in [4.78, 5) is 4.89. The minimum atomic E-state index is 0.255. The molecule has 0 bridgehead atoms. The molecule has 3 rings (SSSR count). The van der Waals surface area contributed by atoms with Gasteiger partial charge in [0, 0.05) is 37.1 Å². The molecule has 108 valence electrons. The lowest BCUT2D eigenvalue weighted by atomic mass is 10.0. The van der Waals surface area contributed by atoms with Gasteiger partial charge in [0.2, 0.25) is 0 Å². The Balaban J connectivity index is 1.89. The number of hydrogen-bond acceptors (Lipinski definition) is 4. The summed E-state index contributed by atoms with van der Waals surface area (Å²) in [7, 11) is 2.19. The van der Waals surface area contributed by atoms with Gasteiger partial charge in [-0.2, -0.15) is 0 Å². The minimum Gasteiger partial charge on any atom is -0.464 e. The molecule has 0 saturated carbocycles. The van der Waals surface area contributed by atoms with Gasteiger partial charge in [-0.25, -0.2) is 0 Å². The van der Waals surface area contributed by atoms with E-state index < -0.39 is 0 Å². The van der Waals surface area contributed by atoms with E-state index in [4.69, 9.17) is 10.2 Å². The predicted octanol–water partition coefficient (Wildman–Crippen LogP) is 2.07. The third-order valence-corrected chi connectivity index (χ3v) is 4.29. The average molecular weight is 273 g/mol. The highest BCUT2D eigenvalue weighted by Gasteiger charge is 2.24. The smallest absolute Gasteiger partial charge is 0.134 e. The summed E-state index contributed by atoms with van der Waals surface area (Å²) < 4.78 is 5.68. The molecule has 1 aliphatic rings. The molecule has 20 heavy (non-hydrogen) atoms. The van der Waals surface area contributed by atoms with Gasteiger partial charge in [0.15, 0.2) is 0 Å². The van der Waals surface area contributed by atoms with Gasteiger partial charge in [0.05, 0.1) is 12.3 Å². The average Bonchev–Trinajstić information content (AvgIpc) is 2.77. The normalized spacial score (nSPS) is 20.1. The molecule has 1 aliphatic heterocycles. The van der Waals surface area contributed by atoms with E-state index in [0.29, 0.717) is 6.54 Å². The number of para-hydroxylation sites is 1. The number of fused-ring (bicyclic) bond motifs is 1. The van der Waals surface area contributed by atoms with Crippen molar-refractivity contribution in [2.45, 2.75) is 12.5 Å². The fourth-order valence-electron chi connectivity index (χ4n) is 3.11. The Kier molecular flexibility index (Phi) is 4.05. The summed E-state index contributed by atoms with van der Waals surface area (Å²) >= 11 is 0. The van der Waals surface area contributed by atoms with Crippen molar-refractivity contribution in [3.63, 3.8) is 0 Å². The Morgan fingerprint density at radius 3 is 2.90 bits per heavy atom. The van der Waals surface area contributed by atoms with Crippen LogP contribution in [0.25, 0.3) is 11.0 Å². The number of rotatable bonds is 3. The van der Waals surface area contributed by atoms with Crippen LogP contribution in [0.2, 0.25) is 0 Å². The molecule has 1 fully saturated rings. The Bertz CT molecular complexity index is 566. The quantitative estimate of drug-likeness (QED) is 0.930. The zero-order chi connectivity index (χ0) is 13.9. The van der Waals surface area contributed by atoms with Gasteiger partial charge >= 0.3 is 0 Å². The third kappa shape index (κ3) is 2.59. The second-order valence-corrected chi connectivity index (χ2v) is 5.63. The van der Waals surface area contributed by atoms with Crippen LogP contribution in [0.1, 0.15) is 18.0 Å². The Hall–Kier alpha value is -1.36. The number of nitrogens with zero attached hydrogens (tertiary/aromatic N) is 2. The minimum absolute atomic E-state index is 0.255. The first-order valence-corrected chi connectivity index (χ1v) is 7.38. The van der Waals surface area contributed by atoms with Crippen LogP contribution in [0.3, 0.4) is 0 Å². The molecular formula is C16H23N3O. The molecular weight excluding hydrogens is 250 g/mol. The fourth-order valence-corrected chi connectivity index (χ4v) is 3.11. The fraction of sp³-hybridized carbons (Fsp3) is 0.500. The lowest BCUT2D eigenvalue weighted by Gasteiger charge is -2.29. The van der Waals surface area contributed by atoms with Crippen molar-refractivity contribution in [1.29, 1.82) is 0 Å². The van der Waals surface area contributed by atoms with Crippen LogP contribution in [0.5, 0.6) is 0 Å². The van der Waals surface area contributed by atoms with Crippen molar-refractivity contribution >= 4 is 11.0 Å². The summed E-state index contributed by atoms with van der Waals surface area (Å²) in [6, 6.07) is 8.47. The van der Waals surface area contributed by atoms with Gasteiger partial charge in [-0.1, -0.05) is 18.2 Å². The van der Waals surface area contributed by atoms with Gasteiger partial charge in [-0.3, -0.25) is 4.90 Å². The molecule has 0 amide bonds. The zero-order valence-corrected chi connectivity index (χ0v) is 12.1. The summed E-state index contributed by atoms with van der Waals surface area (Å²) in [5.74, 6) is 0. The van der Waals surface area contributed by atoms with Crippen LogP contribution in [0, 0.1) is 0 Å². The van der Waals surface area contributed by atoms with Gasteiger partial charge in [0.25, 0.3) is 0 Å². The van der Waals surface area contributed by atoms with E-state index >= 15 is 0 Å². The Morgan fingerprint density at radius 2 is 2.05 bits per heavy atom. The maximum absolute atomic E-state index is 6.07. The Labute approximate surface area is 120 Å². The predicted molar refractivity (Wildman–Crippen MR) is 81.7 cm³/mol. The standard InChI is InChI=1S/C16H23N3O/c1-18-7-4-8-19(10-9-18)15(11-17)14-12-20-16-6-3-2-5-13(14)16/h2-3,5-6,12,15H,4,7-11,17H2,1H3. The van der Waals surface area contributed by atoms with E-state index in [1.807, 2.05) is 18.4 Å².